The van der Waals surface area contributed by atoms with Crippen LogP contribution >= 0.6 is 0 Å². The summed E-state index contributed by atoms with van der Waals surface area (Å²) >= 11 is 0. The molecule has 1 aromatic carbocycles. The molecule has 2 N–H and O–H groups in total. The summed E-state index contributed by atoms with van der Waals surface area (Å²) < 4.78 is 26.8. The van der Waals surface area contributed by atoms with Gasteiger partial charge in [-0.05, 0) is 49.4 Å². The van der Waals surface area contributed by atoms with E-state index in [-0.39, 0.29) is 0 Å². The third kappa shape index (κ3) is 5.92. The van der Waals surface area contributed by atoms with Crippen molar-refractivity contribution in [2.24, 2.45) is 5.92 Å². The zero-order valence-electron chi connectivity index (χ0n) is 12.6. The third-order valence-electron chi connectivity index (χ3n) is 2.99. The van der Waals surface area contributed by atoms with Gasteiger partial charge in [0.15, 0.2) is 0 Å². The van der Waals surface area contributed by atoms with E-state index >= 15 is 0 Å². The number of nitrogens with one attached hydrogen (secondary N) is 2. The molecular weight excluding hydrogens is 272 g/mol. The molecule has 1 rings (SSSR count). The maximum absolute atomic E-state index is 12.1. The zero-order valence-corrected chi connectivity index (χ0v) is 13.5. The summed E-state index contributed by atoms with van der Waals surface area (Å²) in [5.41, 5.74) is 0.950. The molecule has 0 aliphatic carbocycles. The minimum Gasteiger partial charge on any atom is -0.385 e. The predicted octanol–water partition coefficient (Wildman–Crippen LogP) is 3.22. The number of hydrogen-bond donors (Lipinski definition) is 2. The Morgan fingerprint density at radius 3 is 2.30 bits per heavy atom. The van der Waals surface area contributed by atoms with Gasteiger partial charge in [0.1, 0.15) is 0 Å². The van der Waals surface area contributed by atoms with Gasteiger partial charge in [0.2, 0.25) is 10.0 Å². The van der Waals surface area contributed by atoms with Gasteiger partial charge in [0.05, 0.1) is 4.90 Å². The molecule has 0 saturated heterocycles. The minimum atomic E-state index is -3.37. The van der Waals surface area contributed by atoms with Crippen molar-refractivity contribution in [2.45, 2.75) is 44.9 Å². The van der Waals surface area contributed by atoms with Crippen LogP contribution in [-0.4, -0.2) is 21.5 Å². The molecule has 1 aromatic rings. The van der Waals surface area contributed by atoms with Crippen molar-refractivity contribution in [3.63, 3.8) is 0 Å². The fourth-order valence-corrected chi connectivity index (χ4v) is 2.90. The van der Waals surface area contributed by atoms with Crippen molar-refractivity contribution in [1.29, 1.82) is 0 Å². The molecule has 0 spiro atoms. The topological polar surface area (TPSA) is 58.2 Å². The maximum Gasteiger partial charge on any atom is 0.240 e. The summed E-state index contributed by atoms with van der Waals surface area (Å²) in [6.45, 7) is 7.75. The quantitative estimate of drug-likeness (QED) is 0.688. The van der Waals surface area contributed by atoms with E-state index in [1.54, 1.807) is 24.3 Å². The van der Waals surface area contributed by atoms with Crippen LogP contribution in [0.3, 0.4) is 0 Å². The Bertz CT molecular complexity index is 481. The van der Waals surface area contributed by atoms with Crippen molar-refractivity contribution in [3.05, 3.63) is 24.3 Å². The highest BCUT2D eigenvalue weighted by molar-refractivity contribution is 7.89. The molecule has 0 aromatic heterocycles. The summed E-state index contributed by atoms with van der Waals surface area (Å²) in [4.78, 5) is 0.323. The average Bonchev–Trinajstić information content (AvgIpc) is 2.42. The van der Waals surface area contributed by atoms with Gasteiger partial charge in [0, 0.05) is 18.8 Å². The van der Waals surface area contributed by atoms with Gasteiger partial charge >= 0.3 is 0 Å². The first-order valence-corrected chi connectivity index (χ1v) is 8.77. The smallest absolute Gasteiger partial charge is 0.240 e. The molecule has 0 aliphatic heterocycles. The van der Waals surface area contributed by atoms with Crippen LogP contribution in [0.15, 0.2) is 29.2 Å². The third-order valence-corrected chi connectivity index (χ3v) is 4.47. The van der Waals surface area contributed by atoms with E-state index in [0.29, 0.717) is 17.4 Å². The molecule has 0 aliphatic rings. The van der Waals surface area contributed by atoms with Crippen LogP contribution in [0.25, 0.3) is 0 Å². The first-order chi connectivity index (χ1) is 9.45. The molecule has 0 unspecified atom stereocenters. The minimum absolute atomic E-state index is 0.323. The summed E-state index contributed by atoms with van der Waals surface area (Å²) in [7, 11) is -3.37. The van der Waals surface area contributed by atoms with Crippen LogP contribution in [0.4, 0.5) is 5.69 Å². The summed E-state index contributed by atoms with van der Waals surface area (Å²) in [6, 6.07) is 6.89. The van der Waals surface area contributed by atoms with E-state index in [2.05, 4.69) is 30.8 Å². The van der Waals surface area contributed by atoms with Gasteiger partial charge in [0.25, 0.3) is 0 Å². The SMILES string of the molecule is CCCNc1ccc(S(=O)(=O)NCCCC(C)C)cc1. The van der Waals surface area contributed by atoms with Crippen LogP contribution in [0.2, 0.25) is 0 Å². The Morgan fingerprint density at radius 1 is 1.10 bits per heavy atom. The Balaban J connectivity index is 2.54. The molecule has 0 bridgehead atoms. The second-order valence-corrected chi connectivity index (χ2v) is 7.15. The number of sulfonamides is 1. The van der Waals surface area contributed by atoms with Crippen molar-refractivity contribution in [3.8, 4) is 0 Å². The van der Waals surface area contributed by atoms with Gasteiger partial charge < -0.3 is 5.32 Å². The number of anilines is 1. The van der Waals surface area contributed by atoms with Crippen molar-refractivity contribution < 1.29 is 8.42 Å². The Morgan fingerprint density at radius 2 is 1.75 bits per heavy atom. The molecule has 0 radical (unpaired) electrons. The number of benzene rings is 1. The Kier molecular flexibility index (Phi) is 7.02. The second-order valence-electron chi connectivity index (χ2n) is 5.39. The molecule has 0 amide bonds. The maximum atomic E-state index is 12.1. The average molecular weight is 298 g/mol. The lowest BCUT2D eigenvalue weighted by molar-refractivity contribution is 0.540. The largest absolute Gasteiger partial charge is 0.385 e. The summed E-state index contributed by atoms with van der Waals surface area (Å²) in [5.74, 6) is 0.600. The molecule has 0 fully saturated rings. The fourth-order valence-electron chi connectivity index (χ4n) is 1.82. The van der Waals surface area contributed by atoms with Crippen molar-refractivity contribution in [2.75, 3.05) is 18.4 Å². The summed E-state index contributed by atoms with van der Waals surface area (Å²) in [5, 5.41) is 3.22. The Labute approximate surface area is 123 Å². The molecule has 0 heterocycles. The lowest BCUT2D eigenvalue weighted by atomic mass is 10.1. The normalized spacial score (nSPS) is 11.8. The fraction of sp³-hybridized carbons (Fsp3) is 0.600. The van der Waals surface area contributed by atoms with Crippen molar-refractivity contribution >= 4 is 15.7 Å². The van der Waals surface area contributed by atoms with E-state index in [1.807, 2.05) is 0 Å². The van der Waals surface area contributed by atoms with Gasteiger partial charge in [-0.1, -0.05) is 20.8 Å². The van der Waals surface area contributed by atoms with Gasteiger partial charge in [-0.15, -0.1) is 0 Å². The zero-order chi connectivity index (χ0) is 15.0. The van der Waals surface area contributed by atoms with Crippen LogP contribution in [0.1, 0.15) is 40.0 Å². The molecule has 0 saturated carbocycles. The summed E-state index contributed by atoms with van der Waals surface area (Å²) in [6.07, 6.45) is 2.94. The van der Waals surface area contributed by atoms with E-state index < -0.39 is 10.0 Å². The first-order valence-electron chi connectivity index (χ1n) is 7.29. The van der Waals surface area contributed by atoms with Crippen LogP contribution in [0.5, 0.6) is 0 Å². The molecule has 0 atom stereocenters. The lowest BCUT2D eigenvalue weighted by Crippen LogP contribution is -2.25. The van der Waals surface area contributed by atoms with Gasteiger partial charge in [-0.2, -0.15) is 0 Å². The molecule has 4 nitrogen and oxygen atoms in total. The molecular formula is C15H26N2O2S. The second kappa shape index (κ2) is 8.27. The standard InChI is InChI=1S/C15H26N2O2S/c1-4-11-16-14-7-9-15(10-8-14)20(18,19)17-12-5-6-13(2)3/h7-10,13,16-17H,4-6,11-12H2,1-3H3. The number of hydrogen-bond acceptors (Lipinski definition) is 3. The molecule has 114 valence electrons. The van der Waals surface area contributed by atoms with Gasteiger partial charge in [-0.25, -0.2) is 13.1 Å². The van der Waals surface area contributed by atoms with Crippen LogP contribution in [-0.2, 0) is 10.0 Å². The van der Waals surface area contributed by atoms with E-state index in [0.717, 1.165) is 31.5 Å². The number of rotatable bonds is 9. The van der Waals surface area contributed by atoms with Gasteiger partial charge in [-0.3, -0.25) is 0 Å². The van der Waals surface area contributed by atoms with E-state index in [1.165, 1.54) is 0 Å². The highest BCUT2D eigenvalue weighted by atomic mass is 32.2. The lowest BCUT2D eigenvalue weighted by Gasteiger charge is -2.09. The van der Waals surface area contributed by atoms with Crippen LogP contribution < -0.4 is 10.0 Å². The Hall–Kier alpha value is -1.07. The van der Waals surface area contributed by atoms with E-state index in [4.69, 9.17) is 0 Å². The molecule has 20 heavy (non-hydrogen) atoms. The monoisotopic (exact) mass is 298 g/mol. The van der Waals surface area contributed by atoms with E-state index in [9.17, 15) is 8.42 Å². The first kappa shape index (κ1) is 17.0. The van der Waals surface area contributed by atoms with Crippen LogP contribution in [0, 0.1) is 5.92 Å². The molecule has 5 heteroatoms. The highest BCUT2D eigenvalue weighted by Gasteiger charge is 2.12. The van der Waals surface area contributed by atoms with Crippen molar-refractivity contribution in [1.82, 2.24) is 4.72 Å². The highest BCUT2D eigenvalue weighted by Crippen LogP contribution is 2.14. The predicted molar refractivity (Wildman–Crippen MR) is 84.5 cm³/mol.